The molecule has 2 aromatic rings. The summed E-state index contributed by atoms with van der Waals surface area (Å²) in [5, 5.41) is 10.2. The van der Waals surface area contributed by atoms with Gasteiger partial charge in [0.15, 0.2) is 0 Å². The molecule has 1 aliphatic rings. The monoisotopic (exact) mass is 284 g/mol. The van der Waals surface area contributed by atoms with E-state index in [-0.39, 0.29) is 5.91 Å². The molecule has 21 heavy (non-hydrogen) atoms. The molecule has 0 bridgehead atoms. The first-order valence-corrected chi connectivity index (χ1v) is 7.06. The smallest absolute Gasteiger partial charge is 0.326 e. The predicted molar refractivity (Wildman–Crippen MR) is 78.1 cm³/mol. The largest absolute Gasteiger partial charge is 0.480 e. The van der Waals surface area contributed by atoms with Crippen LogP contribution in [0.15, 0.2) is 36.5 Å². The number of amides is 1. The summed E-state index contributed by atoms with van der Waals surface area (Å²) in [6.45, 7) is 0.485. The van der Waals surface area contributed by atoms with Gasteiger partial charge in [-0.15, -0.1) is 0 Å². The van der Waals surface area contributed by atoms with Gasteiger partial charge in [0.05, 0.1) is 11.1 Å². The highest BCUT2D eigenvalue weighted by Gasteiger charge is 2.33. The van der Waals surface area contributed by atoms with Gasteiger partial charge in [0.2, 0.25) is 0 Å². The molecule has 2 heterocycles. The van der Waals surface area contributed by atoms with Crippen molar-refractivity contribution in [3.8, 4) is 0 Å². The van der Waals surface area contributed by atoms with Crippen LogP contribution in [0.4, 0.5) is 0 Å². The van der Waals surface area contributed by atoms with Crippen molar-refractivity contribution >= 4 is 22.8 Å². The van der Waals surface area contributed by atoms with Gasteiger partial charge >= 0.3 is 5.97 Å². The number of aromatic nitrogens is 1. The van der Waals surface area contributed by atoms with Gasteiger partial charge in [-0.2, -0.15) is 0 Å². The van der Waals surface area contributed by atoms with Gasteiger partial charge in [0, 0.05) is 18.1 Å². The van der Waals surface area contributed by atoms with Crippen molar-refractivity contribution in [1.29, 1.82) is 0 Å². The third-order valence-electron chi connectivity index (χ3n) is 3.91. The number of likely N-dealkylation sites (tertiary alicyclic amines) is 1. The lowest BCUT2D eigenvalue weighted by Crippen LogP contribution is -2.48. The van der Waals surface area contributed by atoms with Crippen molar-refractivity contribution in [2.75, 3.05) is 6.54 Å². The Kier molecular flexibility index (Phi) is 3.56. The Hall–Kier alpha value is -2.43. The number of para-hydroxylation sites is 1. The van der Waals surface area contributed by atoms with Crippen molar-refractivity contribution in [2.24, 2.45) is 0 Å². The molecule has 1 aromatic heterocycles. The van der Waals surface area contributed by atoms with Gasteiger partial charge in [-0.05, 0) is 31.4 Å². The summed E-state index contributed by atoms with van der Waals surface area (Å²) >= 11 is 0. The fourth-order valence-corrected chi connectivity index (χ4v) is 2.86. The molecule has 108 valence electrons. The van der Waals surface area contributed by atoms with Crippen molar-refractivity contribution in [2.45, 2.75) is 25.3 Å². The van der Waals surface area contributed by atoms with Crippen LogP contribution < -0.4 is 0 Å². The van der Waals surface area contributed by atoms with E-state index >= 15 is 0 Å². The van der Waals surface area contributed by atoms with Gasteiger partial charge in [-0.1, -0.05) is 18.2 Å². The minimum absolute atomic E-state index is 0.244. The molecule has 0 aliphatic carbocycles. The molecule has 5 nitrogen and oxygen atoms in total. The molecule has 1 N–H and O–H groups in total. The molecule has 3 rings (SSSR count). The minimum atomic E-state index is -0.934. The molecule has 1 amide bonds. The fourth-order valence-electron chi connectivity index (χ4n) is 2.86. The molecular formula is C16H16N2O3. The number of carboxylic acid groups (broad SMARTS) is 1. The highest BCUT2D eigenvalue weighted by molar-refractivity contribution is 6.06. The Bertz CT molecular complexity index is 693. The van der Waals surface area contributed by atoms with E-state index < -0.39 is 12.0 Å². The van der Waals surface area contributed by atoms with Gasteiger partial charge in [0.1, 0.15) is 6.04 Å². The third kappa shape index (κ3) is 2.46. The lowest BCUT2D eigenvalue weighted by atomic mass is 10.00. The second-order valence-corrected chi connectivity index (χ2v) is 5.23. The summed E-state index contributed by atoms with van der Waals surface area (Å²) in [6.07, 6.45) is 3.84. The van der Waals surface area contributed by atoms with E-state index in [2.05, 4.69) is 4.98 Å². The number of fused-ring (bicyclic) bond motifs is 1. The van der Waals surface area contributed by atoms with E-state index in [1.807, 2.05) is 18.2 Å². The zero-order chi connectivity index (χ0) is 14.8. The summed E-state index contributed by atoms with van der Waals surface area (Å²) < 4.78 is 0. The van der Waals surface area contributed by atoms with E-state index in [4.69, 9.17) is 0 Å². The maximum Gasteiger partial charge on any atom is 0.326 e. The molecule has 1 atom stereocenters. The first kappa shape index (κ1) is 13.5. The Morgan fingerprint density at radius 1 is 1.19 bits per heavy atom. The lowest BCUT2D eigenvalue weighted by molar-refractivity contribution is -0.143. The first-order chi connectivity index (χ1) is 10.2. The average molecular weight is 284 g/mol. The molecule has 5 heteroatoms. The Labute approximate surface area is 122 Å². The summed E-state index contributed by atoms with van der Waals surface area (Å²) in [7, 11) is 0. The first-order valence-electron chi connectivity index (χ1n) is 7.06. The summed E-state index contributed by atoms with van der Waals surface area (Å²) in [5.41, 5.74) is 1.10. The van der Waals surface area contributed by atoms with Crippen molar-refractivity contribution in [3.63, 3.8) is 0 Å². The van der Waals surface area contributed by atoms with Gasteiger partial charge in [0.25, 0.3) is 5.91 Å². The topological polar surface area (TPSA) is 70.5 Å². The number of pyridine rings is 1. The highest BCUT2D eigenvalue weighted by atomic mass is 16.4. The van der Waals surface area contributed by atoms with E-state index in [1.54, 1.807) is 18.3 Å². The van der Waals surface area contributed by atoms with Crippen LogP contribution in [0.2, 0.25) is 0 Å². The van der Waals surface area contributed by atoms with Crippen LogP contribution in [0.3, 0.4) is 0 Å². The Balaban J connectivity index is 2.01. The fraction of sp³-hybridized carbons (Fsp3) is 0.312. The number of hydrogen-bond acceptors (Lipinski definition) is 3. The Morgan fingerprint density at radius 2 is 2.00 bits per heavy atom. The molecule has 1 unspecified atom stereocenters. The molecule has 1 saturated heterocycles. The van der Waals surface area contributed by atoms with Gasteiger partial charge in [-0.25, -0.2) is 4.79 Å². The maximum absolute atomic E-state index is 12.8. The molecule has 1 aliphatic heterocycles. The Morgan fingerprint density at radius 3 is 2.81 bits per heavy atom. The number of nitrogens with zero attached hydrogens (tertiary/aromatic N) is 2. The number of hydrogen-bond donors (Lipinski definition) is 1. The van der Waals surface area contributed by atoms with Crippen molar-refractivity contribution < 1.29 is 14.7 Å². The number of piperidine rings is 1. The standard InChI is InChI=1S/C16H16N2O3/c19-15(18-10-2-1-8-13(18)16(20)21)12-7-3-5-11-6-4-9-17-14(11)12/h3-7,9,13H,1-2,8,10H2,(H,20,21). The normalized spacial score (nSPS) is 18.7. The quantitative estimate of drug-likeness (QED) is 0.918. The van der Waals surface area contributed by atoms with Crippen molar-refractivity contribution in [1.82, 2.24) is 9.88 Å². The van der Waals surface area contributed by atoms with Crippen LogP contribution in [0, 0.1) is 0 Å². The second-order valence-electron chi connectivity index (χ2n) is 5.23. The number of aliphatic carboxylic acids is 1. The van der Waals surface area contributed by atoms with Crippen LogP contribution in [0.5, 0.6) is 0 Å². The van der Waals surface area contributed by atoms with E-state index in [9.17, 15) is 14.7 Å². The van der Waals surface area contributed by atoms with Crippen LogP contribution in [-0.4, -0.2) is 39.5 Å². The molecule has 1 fully saturated rings. The molecular weight excluding hydrogens is 268 g/mol. The zero-order valence-electron chi connectivity index (χ0n) is 11.5. The second kappa shape index (κ2) is 5.52. The van der Waals surface area contributed by atoms with Crippen LogP contribution >= 0.6 is 0 Å². The highest BCUT2D eigenvalue weighted by Crippen LogP contribution is 2.23. The predicted octanol–water partition coefficient (Wildman–Crippen LogP) is 2.31. The molecule has 0 spiro atoms. The van der Waals surface area contributed by atoms with Gasteiger partial charge < -0.3 is 10.0 Å². The molecule has 0 saturated carbocycles. The minimum Gasteiger partial charge on any atom is -0.480 e. The van der Waals surface area contributed by atoms with E-state index in [0.29, 0.717) is 24.0 Å². The van der Waals surface area contributed by atoms with E-state index in [1.165, 1.54) is 4.90 Å². The number of rotatable bonds is 2. The SMILES string of the molecule is O=C(O)C1CCCCN1C(=O)c1cccc2cccnc12. The van der Waals surface area contributed by atoms with Crippen molar-refractivity contribution in [3.05, 3.63) is 42.1 Å². The van der Waals surface area contributed by atoms with Gasteiger partial charge in [-0.3, -0.25) is 9.78 Å². The van der Waals surface area contributed by atoms with E-state index in [0.717, 1.165) is 18.2 Å². The van der Waals surface area contributed by atoms with Crippen LogP contribution in [0.25, 0.3) is 10.9 Å². The maximum atomic E-state index is 12.8. The zero-order valence-corrected chi connectivity index (χ0v) is 11.5. The number of carboxylic acids is 1. The summed E-state index contributed by atoms with van der Waals surface area (Å²) in [4.78, 5) is 29.8. The average Bonchev–Trinajstić information content (AvgIpc) is 2.53. The number of benzene rings is 1. The molecule has 0 radical (unpaired) electrons. The van der Waals surface area contributed by atoms with Crippen LogP contribution in [-0.2, 0) is 4.79 Å². The lowest BCUT2D eigenvalue weighted by Gasteiger charge is -2.33. The summed E-state index contributed by atoms with van der Waals surface area (Å²) in [5.74, 6) is -1.18. The number of carbonyl (C=O) groups is 2. The summed E-state index contributed by atoms with van der Waals surface area (Å²) in [6, 6.07) is 8.39. The molecule has 1 aromatic carbocycles. The third-order valence-corrected chi connectivity index (χ3v) is 3.91. The number of carbonyl (C=O) groups excluding carboxylic acids is 1. The van der Waals surface area contributed by atoms with Crippen LogP contribution in [0.1, 0.15) is 29.6 Å².